The molecule has 1 aliphatic heterocycles. The second-order valence-electron chi connectivity index (χ2n) is 5.44. The average molecular weight is 295 g/mol. The number of rotatable bonds is 3. The molecule has 0 aliphatic carbocycles. The first-order valence-electron chi connectivity index (χ1n) is 6.99. The van der Waals surface area contributed by atoms with Crippen LogP contribution in [-0.2, 0) is 4.79 Å². The monoisotopic (exact) mass is 295 g/mol. The molecule has 2 rings (SSSR count). The number of carbonyl (C=O) groups excluding carboxylic acids is 2. The minimum absolute atomic E-state index is 0.00553. The van der Waals surface area contributed by atoms with Crippen LogP contribution in [0.1, 0.15) is 31.6 Å². The lowest BCUT2D eigenvalue weighted by molar-refractivity contribution is -0.127. The number of likely N-dealkylation sites (tertiary alicyclic amines) is 1. The molecule has 9 heteroatoms. The maximum atomic E-state index is 12.2. The largest absolute Gasteiger partial charge is 0.346 e. The second-order valence-corrected chi connectivity index (χ2v) is 5.44. The molecule has 0 bridgehead atoms. The molecule has 9 nitrogen and oxygen atoms in total. The Morgan fingerprint density at radius 3 is 2.57 bits per heavy atom. The molecule has 0 saturated carbocycles. The Morgan fingerprint density at radius 2 is 2.05 bits per heavy atom. The Bertz CT molecular complexity index is 480. The van der Waals surface area contributed by atoms with Crippen LogP contribution < -0.4 is 5.32 Å². The Labute approximate surface area is 123 Å². The van der Waals surface area contributed by atoms with Gasteiger partial charge >= 0.3 is 6.03 Å². The van der Waals surface area contributed by atoms with Crippen molar-refractivity contribution >= 4 is 11.9 Å². The van der Waals surface area contributed by atoms with Gasteiger partial charge in [-0.2, -0.15) is 5.21 Å². The van der Waals surface area contributed by atoms with Crippen LogP contribution in [0.4, 0.5) is 4.79 Å². The third-order valence-corrected chi connectivity index (χ3v) is 3.63. The molecule has 0 spiro atoms. The smallest absolute Gasteiger partial charge is 0.319 e. The van der Waals surface area contributed by atoms with E-state index >= 15 is 0 Å². The van der Waals surface area contributed by atoms with Gasteiger partial charge in [0.25, 0.3) is 0 Å². The molecular formula is C12H21N7O2. The van der Waals surface area contributed by atoms with Crippen LogP contribution >= 0.6 is 0 Å². The van der Waals surface area contributed by atoms with Crippen LogP contribution in [0.5, 0.6) is 0 Å². The minimum atomic E-state index is -0.280. The standard InChI is InChI=1S/C12H21N7O2/c1-8(10-14-16-17-15-10)13-11(20)9-4-6-19(7-5-9)12(21)18(2)3/h8-9H,4-7H2,1-3H3,(H,13,20)(H,14,15,16,17). The fourth-order valence-electron chi connectivity index (χ4n) is 2.36. The Hall–Kier alpha value is -2.19. The highest BCUT2D eigenvalue weighted by molar-refractivity contribution is 5.80. The summed E-state index contributed by atoms with van der Waals surface area (Å²) >= 11 is 0. The minimum Gasteiger partial charge on any atom is -0.346 e. The Kier molecular flexibility index (Phi) is 4.71. The summed E-state index contributed by atoms with van der Waals surface area (Å²) in [5, 5.41) is 16.4. The first-order valence-corrected chi connectivity index (χ1v) is 6.99. The molecule has 1 fully saturated rings. The summed E-state index contributed by atoms with van der Waals surface area (Å²) in [5.41, 5.74) is 0. The third kappa shape index (κ3) is 3.67. The van der Waals surface area contributed by atoms with E-state index < -0.39 is 0 Å². The van der Waals surface area contributed by atoms with Gasteiger partial charge in [0, 0.05) is 33.1 Å². The number of urea groups is 1. The molecule has 21 heavy (non-hydrogen) atoms. The number of hydrogen-bond donors (Lipinski definition) is 2. The van der Waals surface area contributed by atoms with E-state index in [0.29, 0.717) is 31.8 Å². The molecule has 2 heterocycles. The van der Waals surface area contributed by atoms with Crippen molar-refractivity contribution in [2.45, 2.75) is 25.8 Å². The highest BCUT2D eigenvalue weighted by Crippen LogP contribution is 2.19. The van der Waals surface area contributed by atoms with E-state index in [0.717, 1.165) is 0 Å². The summed E-state index contributed by atoms with van der Waals surface area (Å²) in [7, 11) is 3.46. The van der Waals surface area contributed by atoms with Crippen molar-refractivity contribution in [1.82, 2.24) is 35.7 Å². The second kappa shape index (κ2) is 6.51. The lowest BCUT2D eigenvalue weighted by atomic mass is 9.96. The molecule has 1 aromatic heterocycles. The first-order chi connectivity index (χ1) is 9.99. The number of piperidine rings is 1. The normalized spacial score (nSPS) is 17.4. The number of carbonyl (C=O) groups is 2. The summed E-state index contributed by atoms with van der Waals surface area (Å²) in [6.07, 6.45) is 1.34. The number of aromatic nitrogens is 4. The summed E-state index contributed by atoms with van der Waals surface area (Å²) in [6.45, 7) is 3.02. The molecule has 2 N–H and O–H groups in total. The van der Waals surface area contributed by atoms with Gasteiger partial charge in [0.05, 0.1) is 6.04 Å². The van der Waals surface area contributed by atoms with Crippen LogP contribution in [0.2, 0.25) is 0 Å². The van der Waals surface area contributed by atoms with Crippen LogP contribution in [-0.4, -0.2) is 69.5 Å². The molecule has 1 atom stereocenters. The van der Waals surface area contributed by atoms with Crippen LogP contribution in [0.15, 0.2) is 0 Å². The molecule has 1 unspecified atom stereocenters. The van der Waals surface area contributed by atoms with Crippen molar-refractivity contribution in [3.63, 3.8) is 0 Å². The molecule has 0 radical (unpaired) electrons. The summed E-state index contributed by atoms with van der Waals surface area (Å²) in [4.78, 5) is 27.4. The summed E-state index contributed by atoms with van der Waals surface area (Å²) in [5.74, 6) is 0.360. The van der Waals surface area contributed by atoms with Gasteiger partial charge in [-0.15, -0.1) is 10.2 Å². The number of H-pyrrole nitrogens is 1. The molecular weight excluding hydrogens is 274 g/mol. The fourth-order valence-corrected chi connectivity index (χ4v) is 2.36. The molecule has 1 aromatic rings. The average Bonchev–Trinajstić information content (AvgIpc) is 3.00. The van der Waals surface area contributed by atoms with E-state index in [4.69, 9.17) is 0 Å². The zero-order valence-corrected chi connectivity index (χ0v) is 12.5. The lowest BCUT2D eigenvalue weighted by Crippen LogP contribution is -2.46. The Morgan fingerprint density at radius 1 is 1.38 bits per heavy atom. The topological polar surface area (TPSA) is 107 Å². The fraction of sp³-hybridized carbons (Fsp3) is 0.750. The maximum Gasteiger partial charge on any atom is 0.319 e. The molecule has 1 saturated heterocycles. The van der Waals surface area contributed by atoms with Gasteiger partial charge in [0.2, 0.25) is 5.91 Å². The Balaban J connectivity index is 1.82. The highest BCUT2D eigenvalue weighted by Gasteiger charge is 2.29. The van der Waals surface area contributed by atoms with Gasteiger partial charge in [-0.1, -0.05) is 5.21 Å². The van der Waals surface area contributed by atoms with Crippen molar-refractivity contribution in [1.29, 1.82) is 0 Å². The van der Waals surface area contributed by atoms with Crippen LogP contribution in [0.3, 0.4) is 0 Å². The van der Waals surface area contributed by atoms with Crippen LogP contribution in [0, 0.1) is 5.92 Å². The number of hydrogen-bond acceptors (Lipinski definition) is 5. The molecule has 0 aromatic carbocycles. The zero-order chi connectivity index (χ0) is 15.4. The number of nitrogens with zero attached hydrogens (tertiary/aromatic N) is 5. The van der Waals surface area contributed by atoms with Crippen molar-refractivity contribution < 1.29 is 9.59 Å². The summed E-state index contributed by atoms with van der Waals surface area (Å²) < 4.78 is 0. The third-order valence-electron chi connectivity index (χ3n) is 3.63. The van der Waals surface area contributed by atoms with E-state index in [1.165, 1.54) is 0 Å². The highest BCUT2D eigenvalue weighted by atomic mass is 16.2. The van der Waals surface area contributed by atoms with Gasteiger partial charge < -0.3 is 15.1 Å². The summed E-state index contributed by atoms with van der Waals surface area (Å²) in [6, 6.07) is -0.285. The number of aromatic amines is 1. The van der Waals surface area contributed by atoms with E-state index in [1.807, 2.05) is 6.92 Å². The van der Waals surface area contributed by atoms with E-state index in [1.54, 1.807) is 23.9 Å². The predicted octanol–water partition coefficient (Wildman–Crippen LogP) is -0.229. The predicted molar refractivity (Wildman–Crippen MR) is 74.1 cm³/mol. The molecule has 116 valence electrons. The molecule has 3 amide bonds. The number of nitrogens with one attached hydrogen (secondary N) is 2. The number of amides is 3. The lowest BCUT2D eigenvalue weighted by Gasteiger charge is -2.33. The quantitative estimate of drug-likeness (QED) is 0.801. The molecule has 1 aliphatic rings. The van der Waals surface area contributed by atoms with Gasteiger partial charge in [0.1, 0.15) is 0 Å². The van der Waals surface area contributed by atoms with Crippen LogP contribution in [0.25, 0.3) is 0 Å². The van der Waals surface area contributed by atoms with Gasteiger partial charge in [0.15, 0.2) is 5.82 Å². The van der Waals surface area contributed by atoms with Gasteiger partial charge in [-0.05, 0) is 19.8 Å². The van der Waals surface area contributed by atoms with E-state index in [2.05, 4.69) is 25.9 Å². The van der Waals surface area contributed by atoms with Gasteiger partial charge in [-0.25, -0.2) is 4.79 Å². The van der Waals surface area contributed by atoms with Crippen molar-refractivity contribution in [2.75, 3.05) is 27.2 Å². The van der Waals surface area contributed by atoms with Crippen molar-refractivity contribution in [3.05, 3.63) is 5.82 Å². The number of tetrazole rings is 1. The van der Waals surface area contributed by atoms with Crippen molar-refractivity contribution in [2.24, 2.45) is 5.92 Å². The van der Waals surface area contributed by atoms with Gasteiger partial charge in [-0.3, -0.25) is 4.79 Å². The SMILES string of the molecule is CC(NC(=O)C1CCN(C(=O)N(C)C)CC1)c1nn[nH]n1. The maximum absolute atomic E-state index is 12.2. The first kappa shape index (κ1) is 15.2. The zero-order valence-electron chi connectivity index (χ0n) is 12.5. The van der Waals surface area contributed by atoms with E-state index in [-0.39, 0.29) is 23.9 Å². The van der Waals surface area contributed by atoms with E-state index in [9.17, 15) is 9.59 Å². The van der Waals surface area contributed by atoms with Crippen molar-refractivity contribution in [3.8, 4) is 0 Å².